The summed E-state index contributed by atoms with van der Waals surface area (Å²) in [6, 6.07) is 7.99. The number of amidine groups is 1. The van der Waals surface area contributed by atoms with E-state index in [0.29, 0.717) is 17.5 Å². The van der Waals surface area contributed by atoms with Crippen molar-refractivity contribution in [1.82, 2.24) is 0 Å². The number of fused-ring (bicyclic) bond motifs is 1. The predicted molar refractivity (Wildman–Crippen MR) is 109 cm³/mol. The van der Waals surface area contributed by atoms with Gasteiger partial charge in [-0.1, -0.05) is 51.6 Å². The fourth-order valence-corrected chi connectivity index (χ4v) is 7.32. The number of benzene rings is 1. The van der Waals surface area contributed by atoms with Gasteiger partial charge in [-0.3, -0.25) is 4.79 Å². The molecular formula is C19H26N2O3S2. The summed E-state index contributed by atoms with van der Waals surface area (Å²) in [5.74, 6) is 0.803. The molecular weight excluding hydrogens is 368 g/mol. The molecule has 3 rings (SSSR count). The summed E-state index contributed by atoms with van der Waals surface area (Å²) >= 11 is 1.43. The monoisotopic (exact) mass is 394 g/mol. The van der Waals surface area contributed by atoms with Crippen molar-refractivity contribution in [2.75, 3.05) is 16.4 Å². The van der Waals surface area contributed by atoms with Crippen molar-refractivity contribution in [2.45, 2.75) is 51.3 Å². The third-order valence-corrected chi connectivity index (χ3v) is 7.92. The summed E-state index contributed by atoms with van der Waals surface area (Å²) in [5.41, 5.74) is 2.13. The molecule has 2 atom stereocenters. The van der Waals surface area contributed by atoms with Crippen molar-refractivity contribution in [3.05, 3.63) is 29.8 Å². The first-order valence-electron chi connectivity index (χ1n) is 9.04. The van der Waals surface area contributed by atoms with E-state index in [-0.39, 0.29) is 34.6 Å². The molecule has 2 aliphatic heterocycles. The summed E-state index contributed by atoms with van der Waals surface area (Å²) in [6.07, 6.45) is 0.401. The smallest absolute Gasteiger partial charge is 0.248 e. The van der Waals surface area contributed by atoms with Gasteiger partial charge in [0.25, 0.3) is 0 Å². The van der Waals surface area contributed by atoms with E-state index < -0.39 is 9.84 Å². The highest BCUT2D eigenvalue weighted by molar-refractivity contribution is 8.16. The van der Waals surface area contributed by atoms with Crippen molar-refractivity contribution in [2.24, 2.45) is 10.9 Å². The highest BCUT2D eigenvalue weighted by Gasteiger charge is 2.49. The minimum atomic E-state index is -3.04. The highest BCUT2D eigenvalue weighted by atomic mass is 32.2. The van der Waals surface area contributed by atoms with Gasteiger partial charge >= 0.3 is 0 Å². The molecule has 0 aliphatic carbocycles. The van der Waals surface area contributed by atoms with Gasteiger partial charge in [0.15, 0.2) is 15.0 Å². The van der Waals surface area contributed by atoms with Crippen LogP contribution in [-0.2, 0) is 14.6 Å². The molecule has 1 aromatic rings. The fourth-order valence-electron chi connectivity index (χ4n) is 3.39. The number of thioether (sulfide) groups is 1. The van der Waals surface area contributed by atoms with Crippen LogP contribution in [0.4, 0.5) is 5.69 Å². The van der Waals surface area contributed by atoms with Crippen molar-refractivity contribution in [3.63, 3.8) is 0 Å². The fraction of sp³-hybridized carbons (Fsp3) is 0.579. The highest BCUT2D eigenvalue weighted by Crippen LogP contribution is 2.41. The molecule has 0 saturated carbocycles. The Morgan fingerprint density at radius 1 is 1.19 bits per heavy atom. The van der Waals surface area contributed by atoms with E-state index in [4.69, 9.17) is 0 Å². The van der Waals surface area contributed by atoms with E-state index in [2.05, 4.69) is 31.0 Å². The lowest BCUT2D eigenvalue weighted by molar-refractivity contribution is -0.118. The van der Waals surface area contributed by atoms with Gasteiger partial charge in [-0.2, -0.15) is 4.99 Å². The van der Waals surface area contributed by atoms with Crippen LogP contribution in [0.2, 0.25) is 0 Å². The third-order valence-electron chi connectivity index (χ3n) is 4.71. The Morgan fingerprint density at radius 2 is 1.85 bits per heavy atom. The van der Waals surface area contributed by atoms with E-state index in [1.807, 2.05) is 30.9 Å². The van der Waals surface area contributed by atoms with E-state index >= 15 is 0 Å². The van der Waals surface area contributed by atoms with Crippen LogP contribution in [-0.4, -0.2) is 42.3 Å². The molecule has 0 N–H and O–H groups in total. The largest absolute Gasteiger partial charge is 0.316 e. The summed E-state index contributed by atoms with van der Waals surface area (Å²) in [7, 11) is -3.04. The van der Waals surface area contributed by atoms with Gasteiger partial charge < -0.3 is 4.90 Å². The number of nitrogens with zero attached hydrogens (tertiary/aromatic N) is 2. The van der Waals surface area contributed by atoms with Gasteiger partial charge in [0.05, 0.1) is 17.5 Å². The average molecular weight is 395 g/mol. The Hall–Kier alpha value is -1.34. The molecule has 5 nitrogen and oxygen atoms in total. The molecule has 7 heteroatoms. The van der Waals surface area contributed by atoms with Crippen LogP contribution >= 0.6 is 11.8 Å². The third kappa shape index (κ3) is 4.14. The van der Waals surface area contributed by atoms with Gasteiger partial charge in [0, 0.05) is 17.4 Å². The van der Waals surface area contributed by atoms with Crippen molar-refractivity contribution in [1.29, 1.82) is 0 Å². The van der Waals surface area contributed by atoms with E-state index in [0.717, 1.165) is 5.69 Å². The molecule has 0 radical (unpaired) electrons. The number of hydrogen-bond acceptors (Lipinski definition) is 4. The van der Waals surface area contributed by atoms with Crippen LogP contribution in [0.15, 0.2) is 29.3 Å². The molecule has 2 heterocycles. The molecule has 0 unspecified atom stereocenters. The zero-order valence-electron chi connectivity index (χ0n) is 15.7. The Balaban J connectivity index is 1.94. The maximum Gasteiger partial charge on any atom is 0.248 e. The summed E-state index contributed by atoms with van der Waals surface area (Å²) in [5, 5.41) is 0.577. The van der Waals surface area contributed by atoms with Crippen LogP contribution < -0.4 is 4.90 Å². The van der Waals surface area contributed by atoms with Crippen LogP contribution in [0.3, 0.4) is 0 Å². The maximum atomic E-state index is 12.2. The Bertz CT molecular complexity index is 814. The molecule has 0 spiro atoms. The quantitative estimate of drug-likeness (QED) is 0.782. The van der Waals surface area contributed by atoms with Crippen LogP contribution in [0.1, 0.15) is 45.6 Å². The van der Waals surface area contributed by atoms with Crippen molar-refractivity contribution < 1.29 is 13.2 Å². The lowest BCUT2D eigenvalue weighted by Gasteiger charge is -2.25. The number of sulfone groups is 1. The number of hydrogen-bond donors (Lipinski definition) is 0. The van der Waals surface area contributed by atoms with Crippen molar-refractivity contribution >= 4 is 38.4 Å². The number of aliphatic imine (C=N–C) groups is 1. The SMILES string of the molecule is CC(C)CC(=O)N=C1S[C@H]2CS(=O)(=O)C[C@@H]2N1c1ccc(C(C)C)cc1. The molecule has 2 aliphatic rings. The lowest BCUT2D eigenvalue weighted by Crippen LogP contribution is -2.37. The first kappa shape index (κ1) is 19.4. The second-order valence-electron chi connectivity index (χ2n) is 7.80. The number of carbonyl (C=O) groups is 1. The van der Waals surface area contributed by atoms with E-state index in [1.54, 1.807) is 0 Å². The first-order chi connectivity index (χ1) is 12.2. The van der Waals surface area contributed by atoms with Gasteiger partial charge in [0.1, 0.15) is 0 Å². The topological polar surface area (TPSA) is 66.8 Å². The van der Waals surface area contributed by atoms with E-state index in [9.17, 15) is 13.2 Å². The van der Waals surface area contributed by atoms with Gasteiger partial charge in [-0.05, 0) is 29.5 Å². The second-order valence-corrected chi connectivity index (χ2v) is 11.2. The van der Waals surface area contributed by atoms with Gasteiger partial charge in [-0.25, -0.2) is 8.42 Å². The lowest BCUT2D eigenvalue weighted by atomic mass is 10.0. The van der Waals surface area contributed by atoms with Gasteiger partial charge in [0.2, 0.25) is 5.91 Å². The number of rotatable bonds is 4. The number of anilines is 1. The molecule has 142 valence electrons. The van der Waals surface area contributed by atoms with Crippen LogP contribution in [0.5, 0.6) is 0 Å². The zero-order chi connectivity index (χ0) is 19.1. The molecule has 2 saturated heterocycles. The molecule has 2 fully saturated rings. The first-order valence-corrected chi connectivity index (χ1v) is 11.7. The molecule has 26 heavy (non-hydrogen) atoms. The molecule has 0 aromatic heterocycles. The Labute approximate surface area is 160 Å². The molecule has 0 bridgehead atoms. The predicted octanol–water partition coefficient (Wildman–Crippen LogP) is 3.46. The second kappa shape index (κ2) is 7.35. The Kier molecular flexibility index (Phi) is 5.49. The van der Waals surface area contributed by atoms with Gasteiger partial charge in [-0.15, -0.1) is 0 Å². The standard InChI is InChI=1S/C19H26N2O3S2/c1-12(2)9-18(22)20-19-21(15-7-5-14(6-8-15)13(3)4)16-10-26(23,24)11-17(16)25-19/h5-8,12-13,16-17H,9-11H2,1-4H3/t16-,17-/m0/s1. The molecule has 1 amide bonds. The summed E-state index contributed by atoms with van der Waals surface area (Å²) in [4.78, 5) is 18.5. The Morgan fingerprint density at radius 3 is 2.42 bits per heavy atom. The van der Waals surface area contributed by atoms with Crippen molar-refractivity contribution in [3.8, 4) is 0 Å². The zero-order valence-corrected chi connectivity index (χ0v) is 17.3. The average Bonchev–Trinajstić information content (AvgIpc) is 2.97. The minimum absolute atomic E-state index is 0.0598. The van der Waals surface area contributed by atoms with Crippen LogP contribution in [0, 0.1) is 5.92 Å². The summed E-state index contributed by atoms with van der Waals surface area (Å²) in [6.45, 7) is 8.25. The van der Waals surface area contributed by atoms with Crippen LogP contribution in [0.25, 0.3) is 0 Å². The normalized spacial score (nSPS) is 26.1. The maximum absolute atomic E-state index is 12.2. The number of carbonyl (C=O) groups excluding carboxylic acids is 1. The molecule has 1 aromatic carbocycles. The number of amides is 1. The summed E-state index contributed by atoms with van der Waals surface area (Å²) < 4.78 is 24.2. The van der Waals surface area contributed by atoms with E-state index in [1.165, 1.54) is 17.3 Å². The minimum Gasteiger partial charge on any atom is -0.316 e.